The zero-order chi connectivity index (χ0) is 16.3. The Balaban J connectivity index is 2.07. The van der Waals surface area contributed by atoms with Gasteiger partial charge in [0, 0.05) is 21.7 Å². The molecule has 0 fully saturated rings. The Morgan fingerprint density at radius 3 is 2.68 bits per heavy atom. The van der Waals surface area contributed by atoms with Crippen molar-refractivity contribution in [3.8, 4) is 0 Å². The summed E-state index contributed by atoms with van der Waals surface area (Å²) in [5.74, 6) is -1.60. The van der Waals surface area contributed by atoms with E-state index in [1.54, 1.807) is 32.0 Å². The van der Waals surface area contributed by atoms with Gasteiger partial charge in [0.2, 0.25) is 5.91 Å². The molecule has 22 heavy (non-hydrogen) atoms. The summed E-state index contributed by atoms with van der Waals surface area (Å²) in [6.45, 7) is 3.46. The van der Waals surface area contributed by atoms with Crippen LogP contribution in [0.1, 0.15) is 12.5 Å². The van der Waals surface area contributed by atoms with E-state index in [0.717, 1.165) is 29.5 Å². The van der Waals surface area contributed by atoms with E-state index in [-0.39, 0.29) is 10.8 Å². The summed E-state index contributed by atoms with van der Waals surface area (Å²) < 4.78 is 26.5. The monoisotopic (exact) mass is 341 g/mol. The van der Waals surface area contributed by atoms with Crippen molar-refractivity contribution in [1.29, 1.82) is 0 Å². The van der Waals surface area contributed by atoms with Crippen LogP contribution in [0.5, 0.6) is 0 Å². The fourth-order valence-electron chi connectivity index (χ4n) is 1.79. The molecule has 1 N–H and O–H groups in total. The highest BCUT2D eigenvalue weighted by Gasteiger charge is 2.18. The Bertz CT molecular complexity index is 709. The highest BCUT2D eigenvalue weighted by atomic mass is 35.5. The van der Waals surface area contributed by atoms with Crippen molar-refractivity contribution in [3.63, 3.8) is 0 Å². The number of amides is 1. The maximum Gasteiger partial charge on any atom is 0.237 e. The van der Waals surface area contributed by atoms with Crippen molar-refractivity contribution in [3.05, 3.63) is 58.6 Å². The van der Waals surface area contributed by atoms with Crippen LogP contribution in [0.2, 0.25) is 5.02 Å². The lowest BCUT2D eigenvalue weighted by Gasteiger charge is -2.14. The van der Waals surface area contributed by atoms with Crippen LogP contribution in [0.15, 0.2) is 41.3 Å². The maximum atomic E-state index is 13.6. The highest BCUT2D eigenvalue weighted by molar-refractivity contribution is 8.00. The zero-order valence-electron chi connectivity index (χ0n) is 12.0. The molecular formula is C16H14ClF2NOS. The third-order valence-corrected chi connectivity index (χ3v) is 4.65. The Morgan fingerprint density at radius 2 is 2.00 bits per heavy atom. The highest BCUT2D eigenvalue weighted by Crippen LogP contribution is 2.28. The van der Waals surface area contributed by atoms with Gasteiger partial charge >= 0.3 is 0 Å². The Hall–Kier alpha value is -1.59. The molecule has 0 bridgehead atoms. The van der Waals surface area contributed by atoms with Gasteiger partial charge in [-0.1, -0.05) is 17.7 Å². The number of rotatable bonds is 4. The summed E-state index contributed by atoms with van der Waals surface area (Å²) in [5, 5.41) is 2.78. The first-order valence-corrected chi connectivity index (χ1v) is 7.82. The van der Waals surface area contributed by atoms with E-state index in [2.05, 4.69) is 5.32 Å². The van der Waals surface area contributed by atoms with E-state index in [0.29, 0.717) is 10.7 Å². The molecule has 2 nitrogen and oxygen atoms in total. The zero-order valence-corrected chi connectivity index (χ0v) is 13.6. The second-order valence-corrected chi connectivity index (χ2v) is 6.53. The van der Waals surface area contributed by atoms with Crippen molar-refractivity contribution in [2.24, 2.45) is 0 Å². The number of carbonyl (C=O) groups excluding carboxylic acids is 1. The lowest BCUT2D eigenvalue weighted by molar-refractivity contribution is -0.115. The number of hydrogen-bond acceptors (Lipinski definition) is 2. The Labute approximate surface area is 136 Å². The van der Waals surface area contributed by atoms with Gasteiger partial charge < -0.3 is 5.32 Å². The Morgan fingerprint density at radius 1 is 1.27 bits per heavy atom. The maximum absolute atomic E-state index is 13.6. The molecule has 0 heterocycles. The number of nitrogens with one attached hydrogen (secondary N) is 1. The van der Waals surface area contributed by atoms with Gasteiger partial charge in [-0.3, -0.25) is 4.79 Å². The van der Waals surface area contributed by atoms with Crippen molar-refractivity contribution in [2.75, 3.05) is 5.32 Å². The summed E-state index contributed by atoms with van der Waals surface area (Å²) in [4.78, 5) is 12.4. The van der Waals surface area contributed by atoms with Crippen molar-refractivity contribution >= 4 is 35.0 Å². The van der Waals surface area contributed by atoms with Gasteiger partial charge in [-0.15, -0.1) is 11.8 Å². The summed E-state index contributed by atoms with van der Waals surface area (Å²) in [7, 11) is 0. The predicted molar refractivity (Wildman–Crippen MR) is 86.5 cm³/mol. The first kappa shape index (κ1) is 16.8. The van der Waals surface area contributed by atoms with Crippen LogP contribution in [0.3, 0.4) is 0 Å². The molecule has 116 valence electrons. The fraction of sp³-hybridized carbons (Fsp3) is 0.188. The number of benzene rings is 2. The number of halogens is 3. The molecule has 2 aromatic carbocycles. The van der Waals surface area contributed by atoms with Crippen molar-refractivity contribution in [2.45, 2.75) is 24.0 Å². The van der Waals surface area contributed by atoms with E-state index >= 15 is 0 Å². The second-order valence-electron chi connectivity index (χ2n) is 4.74. The molecule has 0 aliphatic heterocycles. The first-order valence-electron chi connectivity index (χ1n) is 6.56. The smallest absolute Gasteiger partial charge is 0.237 e. The largest absolute Gasteiger partial charge is 0.325 e. The minimum absolute atomic E-state index is 0.229. The molecule has 0 aliphatic rings. The molecule has 2 rings (SSSR count). The summed E-state index contributed by atoms with van der Waals surface area (Å²) in [5.41, 5.74) is 1.38. The van der Waals surface area contributed by atoms with E-state index in [4.69, 9.17) is 11.6 Å². The molecule has 0 unspecified atom stereocenters. The van der Waals surface area contributed by atoms with Crippen LogP contribution >= 0.6 is 23.4 Å². The van der Waals surface area contributed by atoms with E-state index < -0.39 is 16.9 Å². The number of anilines is 1. The van der Waals surface area contributed by atoms with Crippen LogP contribution in [-0.2, 0) is 4.79 Å². The van der Waals surface area contributed by atoms with Gasteiger partial charge in [0.1, 0.15) is 11.6 Å². The minimum atomic E-state index is -0.677. The summed E-state index contributed by atoms with van der Waals surface area (Å²) >= 11 is 7.03. The normalized spacial score (nSPS) is 12.0. The van der Waals surface area contributed by atoms with E-state index in [1.165, 1.54) is 6.07 Å². The van der Waals surface area contributed by atoms with Crippen LogP contribution in [-0.4, -0.2) is 11.2 Å². The molecule has 0 saturated carbocycles. The lowest BCUT2D eigenvalue weighted by atomic mass is 10.2. The minimum Gasteiger partial charge on any atom is -0.325 e. The number of carbonyl (C=O) groups is 1. The van der Waals surface area contributed by atoms with E-state index in [9.17, 15) is 13.6 Å². The fourth-order valence-corrected chi connectivity index (χ4v) is 2.83. The molecule has 0 aromatic heterocycles. The van der Waals surface area contributed by atoms with Gasteiger partial charge in [-0.2, -0.15) is 0 Å². The Kier molecular flexibility index (Phi) is 5.42. The van der Waals surface area contributed by atoms with Crippen molar-refractivity contribution in [1.82, 2.24) is 0 Å². The number of thioether (sulfide) groups is 1. The average molecular weight is 342 g/mol. The summed E-state index contributed by atoms with van der Waals surface area (Å²) in [6.07, 6.45) is 0. The first-order chi connectivity index (χ1) is 10.4. The molecular weight excluding hydrogens is 328 g/mol. The van der Waals surface area contributed by atoms with Gasteiger partial charge in [-0.05, 0) is 43.7 Å². The summed E-state index contributed by atoms with van der Waals surface area (Å²) in [6, 6.07) is 8.50. The van der Waals surface area contributed by atoms with Gasteiger partial charge in [0.15, 0.2) is 0 Å². The molecule has 1 atom stereocenters. The SMILES string of the molecule is Cc1c(Cl)cccc1NC(=O)[C@@H](C)Sc1ccc(F)cc1F. The molecule has 1 amide bonds. The van der Waals surface area contributed by atoms with Crippen LogP contribution in [0, 0.1) is 18.6 Å². The van der Waals surface area contributed by atoms with Crippen molar-refractivity contribution < 1.29 is 13.6 Å². The average Bonchev–Trinajstić information content (AvgIpc) is 2.46. The van der Waals surface area contributed by atoms with Crippen LogP contribution < -0.4 is 5.32 Å². The topological polar surface area (TPSA) is 29.1 Å². The van der Waals surface area contributed by atoms with Crippen LogP contribution in [0.25, 0.3) is 0 Å². The van der Waals surface area contributed by atoms with Gasteiger partial charge in [-0.25, -0.2) is 8.78 Å². The van der Waals surface area contributed by atoms with Gasteiger partial charge in [0.05, 0.1) is 5.25 Å². The lowest BCUT2D eigenvalue weighted by Crippen LogP contribution is -2.23. The molecule has 6 heteroatoms. The third-order valence-electron chi connectivity index (χ3n) is 3.09. The predicted octanol–water partition coefficient (Wildman–Crippen LogP) is 5.05. The second kappa shape index (κ2) is 7.11. The standard InChI is InChI=1S/C16H14ClF2NOS/c1-9-12(17)4-3-5-14(9)20-16(21)10(2)22-15-7-6-11(18)8-13(15)19/h3-8,10H,1-2H3,(H,20,21)/t10-/m1/s1. The quantitative estimate of drug-likeness (QED) is 0.789. The third kappa shape index (κ3) is 3.99. The molecule has 0 saturated heterocycles. The molecule has 0 aliphatic carbocycles. The van der Waals surface area contributed by atoms with Gasteiger partial charge in [0.25, 0.3) is 0 Å². The molecule has 0 radical (unpaired) electrons. The molecule has 0 spiro atoms. The van der Waals surface area contributed by atoms with Crippen LogP contribution in [0.4, 0.5) is 14.5 Å². The number of hydrogen-bond donors (Lipinski definition) is 1. The van der Waals surface area contributed by atoms with E-state index in [1.807, 2.05) is 0 Å². The molecule has 2 aromatic rings.